The fraction of sp³-hybridized carbons (Fsp3) is 0.167. The summed E-state index contributed by atoms with van der Waals surface area (Å²) in [4.78, 5) is 12.6. The third-order valence-corrected chi connectivity index (χ3v) is 5.98. The molecule has 0 radical (unpaired) electrons. The average molecular weight is 393 g/mol. The Balaban J connectivity index is 1.93. The molecule has 8 heteroatoms. The molecular formula is C18H17ClN2O4S. The van der Waals surface area contributed by atoms with E-state index in [-0.39, 0.29) is 10.7 Å². The molecule has 0 spiro atoms. The molecule has 0 fully saturated rings. The first kappa shape index (κ1) is 18.4. The van der Waals surface area contributed by atoms with Crippen molar-refractivity contribution in [2.75, 3.05) is 19.4 Å². The number of carbonyl (C=O) groups is 1. The van der Waals surface area contributed by atoms with Gasteiger partial charge in [-0.05, 0) is 48.9 Å². The lowest BCUT2D eigenvalue weighted by Crippen LogP contribution is -2.22. The number of fused-ring (bicyclic) bond motifs is 1. The molecule has 3 rings (SSSR count). The van der Waals surface area contributed by atoms with Crippen LogP contribution in [0, 0.1) is 6.92 Å². The van der Waals surface area contributed by atoms with Crippen molar-refractivity contribution >= 4 is 44.2 Å². The van der Waals surface area contributed by atoms with E-state index in [9.17, 15) is 13.2 Å². The van der Waals surface area contributed by atoms with E-state index in [1.54, 1.807) is 37.3 Å². The molecule has 3 aromatic rings. The summed E-state index contributed by atoms with van der Waals surface area (Å²) < 4.78 is 31.2. The number of anilines is 1. The van der Waals surface area contributed by atoms with Crippen LogP contribution in [0.25, 0.3) is 11.0 Å². The molecule has 0 unspecified atom stereocenters. The average Bonchev–Trinajstić information content (AvgIpc) is 2.99. The van der Waals surface area contributed by atoms with Crippen LogP contribution in [0.5, 0.6) is 0 Å². The minimum Gasteiger partial charge on any atom is -0.451 e. The summed E-state index contributed by atoms with van der Waals surface area (Å²) in [7, 11) is -0.695. The maximum absolute atomic E-state index is 12.5. The van der Waals surface area contributed by atoms with Crippen molar-refractivity contribution in [3.8, 4) is 0 Å². The zero-order valence-electron chi connectivity index (χ0n) is 14.4. The number of halogens is 1. The van der Waals surface area contributed by atoms with Gasteiger partial charge in [-0.25, -0.2) is 12.7 Å². The van der Waals surface area contributed by atoms with Gasteiger partial charge in [0.1, 0.15) is 5.58 Å². The fourth-order valence-corrected chi connectivity index (χ4v) is 3.53. The highest BCUT2D eigenvalue weighted by atomic mass is 35.5. The highest BCUT2D eigenvalue weighted by Gasteiger charge is 2.20. The van der Waals surface area contributed by atoms with Crippen LogP contribution in [0.1, 0.15) is 16.1 Å². The van der Waals surface area contributed by atoms with Crippen LogP contribution < -0.4 is 5.32 Å². The van der Waals surface area contributed by atoms with Gasteiger partial charge in [-0.3, -0.25) is 4.79 Å². The van der Waals surface area contributed by atoms with E-state index in [4.69, 9.17) is 16.0 Å². The van der Waals surface area contributed by atoms with E-state index >= 15 is 0 Å². The molecule has 0 aliphatic heterocycles. The first-order valence-corrected chi connectivity index (χ1v) is 9.54. The molecule has 2 aromatic carbocycles. The second kappa shape index (κ2) is 6.75. The number of hydrogen-bond acceptors (Lipinski definition) is 4. The summed E-state index contributed by atoms with van der Waals surface area (Å²) in [5, 5.41) is 3.96. The number of rotatable bonds is 4. The molecule has 0 aliphatic carbocycles. The van der Waals surface area contributed by atoms with Gasteiger partial charge in [0.25, 0.3) is 5.91 Å². The number of nitrogens with zero attached hydrogens (tertiary/aromatic N) is 1. The van der Waals surface area contributed by atoms with Crippen molar-refractivity contribution < 1.29 is 17.6 Å². The number of carbonyl (C=O) groups excluding carboxylic acids is 1. The quantitative estimate of drug-likeness (QED) is 0.730. The minimum absolute atomic E-state index is 0.0970. The van der Waals surface area contributed by atoms with Gasteiger partial charge in [-0.15, -0.1) is 0 Å². The number of hydrogen-bond donors (Lipinski definition) is 1. The van der Waals surface area contributed by atoms with Crippen LogP contribution in [-0.4, -0.2) is 32.7 Å². The predicted octanol–water partition coefficient (Wildman–Crippen LogP) is 3.90. The summed E-state index contributed by atoms with van der Waals surface area (Å²) in [6.45, 7) is 1.78. The maximum Gasteiger partial charge on any atom is 0.291 e. The monoisotopic (exact) mass is 392 g/mol. The van der Waals surface area contributed by atoms with Crippen LogP contribution in [0.4, 0.5) is 5.69 Å². The van der Waals surface area contributed by atoms with Gasteiger partial charge in [0, 0.05) is 30.2 Å². The Bertz CT molecular complexity index is 1100. The molecule has 0 aliphatic rings. The lowest BCUT2D eigenvalue weighted by Gasteiger charge is -2.14. The maximum atomic E-state index is 12.5. The van der Waals surface area contributed by atoms with Crippen molar-refractivity contribution in [2.45, 2.75) is 11.8 Å². The van der Waals surface area contributed by atoms with Crippen LogP contribution in [0.2, 0.25) is 5.02 Å². The van der Waals surface area contributed by atoms with Crippen molar-refractivity contribution in [3.63, 3.8) is 0 Å². The highest BCUT2D eigenvalue weighted by Crippen LogP contribution is 2.25. The molecule has 26 heavy (non-hydrogen) atoms. The normalized spacial score (nSPS) is 11.9. The largest absolute Gasteiger partial charge is 0.451 e. The van der Waals surface area contributed by atoms with Crippen LogP contribution in [0.15, 0.2) is 51.8 Å². The van der Waals surface area contributed by atoms with E-state index in [0.717, 1.165) is 9.87 Å². The SMILES string of the molecule is Cc1ccc(S(=O)(=O)N(C)C)cc1NC(=O)c1cc2cc(Cl)ccc2o1. The summed E-state index contributed by atoms with van der Waals surface area (Å²) in [6.07, 6.45) is 0. The highest BCUT2D eigenvalue weighted by molar-refractivity contribution is 7.89. The lowest BCUT2D eigenvalue weighted by atomic mass is 10.2. The number of sulfonamides is 1. The molecule has 136 valence electrons. The van der Waals surface area contributed by atoms with Gasteiger partial charge < -0.3 is 9.73 Å². The molecule has 0 saturated heterocycles. The van der Waals surface area contributed by atoms with Crippen molar-refractivity contribution in [1.29, 1.82) is 0 Å². The predicted molar refractivity (Wildman–Crippen MR) is 101 cm³/mol. The summed E-state index contributed by atoms with van der Waals surface area (Å²) in [5.41, 5.74) is 1.67. The first-order valence-electron chi connectivity index (χ1n) is 7.72. The van der Waals surface area contributed by atoms with Gasteiger partial charge in [0.2, 0.25) is 10.0 Å². The van der Waals surface area contributed by atoms with E-state index < -0.39 is 15.9 Å². The molecule has 1 aromatic heterocycles. The zero-order chi connectivity index (χ0) is 19.1. The number of amides is 1. The van der Waals surface area contributed by atoms with E-state index in [0.29, 0.717) is 21.7 Å². The molecule has 0 saturated carbocycles. The molecule has 1 heterocycles. The van der Waals surface area contributed by atoms with E-state index in [2.05, 4.69) is 5.32 Å². The zero-order valence-corrected chi connectivity index (χ0v) is 16.0. The van der Waals surface area contributed by atoms with Gasteiger partial charge in [-0.1, -0.05) is 17.7 Å². The number of furan rings is 1. The minimum atomic E-state index is -3.60. The Morgan fingerprint density at radius 3 is 2.54 bits per heavy atom. The van der Waals surface area contributed by atoms with Gasteiger partial charge in [-0.2, -0.15) is 0 Å². The van der Waals surface area contributed by atoms with Crippen molar-refractivity contribution in [3.05, 3.63) is 58.8 Å². The topological polar surface area (TPSA) is 79.6 Å². The Kier molecular flexibility index (Phi) is 4.79. The molecule has 1 amide bonds. The van der Waals surface area contributed by atoms with Crippen molar-refractivity contribution in [1.82, 2.24) is 4.31 Å². The molecule has 6 nitrogen and oxygen atoms in total. The smallest absolute Gasteiger partial charge is 0.291 e. The summed E-state index contributed by atoms with van der Waals surface area (Å²) in [6, 6.07) is 11.2. The van der Waals surface area contributed by atoms with Gasteiger partial charge >= 0.3 is 0 Å². The van der Waals surface area contributed by atoms with E-state index in [1.807, 2.05) is 0 Å². The second-order valence-corrected chi connectivity index (χ2v) is 8.60. The Hall–Kier alpha value is -2.35. The Labute approximate surface area is 156 Å². The van der Waals surface area contributed by atoms with Crippen LogP contribution in [-0.2, 0) is 10.0 Å². The number of benzene rings is 2. The van der Waals surface area contributed by atoms with Crippen LogP contribution in [0.3, 0.4) is 0 Å². The molecule has 0 bridgehead atoms. The van der Waals surface area contributed by atoms with Crippen molar-refractivity contribution in [2.24, 2.45) is 0 Å². The second-order valence-electron chi connectivity index (χ2n) is 6.01. The molecule has 1 N–H and O–H groups in total. The lowest BCUT2D eigenvalue weighted by molar-refractivity contribution is 0.0998. The third-order valence-electron chi connectivity index (χ3n) is 3.94. The number of nitrogens with one attached hydrogen (secondary N) is 1. The number of aryl methyl sites for hydroxylation is 1. The fourth-order valence-electron chi connectivity index (χ4n) is 2.42. The first-order chi connectivity index (χ1) is 12.2. The third kappa shape index (κ3) is 3.46. The van der Waals surface area contributed by atoms with Crippen LogP contribution >= 0.6 is 11.6 Å². The molecule has 0 atom stereocenters. The molecular weight excluding hydrogens is 376 g/mol. The Morgan fingerprint density at radius 1 is 1.12 bits per heavy atom. The summed E-state index contributed by atoms with van der Waals surface area (Å²) >= 11 is 5.94. The summed E-state index contributed by atoms with van der Waals surface area (Å²) in [5.74, 6) is -0.359. The van der Waals surface area contributed by atoms with Gasteiger partial charge in [0.05, 0.1) is 4.90 Å². The van der Waals surface area contributed by atoms with Gasteiger partial charge in [0.15, 0.2) is 5.76 Å². The Morgan fingerprint density at radius 2 is 1.85 bits per heavy atom. The van der Waals surface area contributed by atoms with E-state index in [1.165, 1.54) is 26.2 Å². The standard InChI is InChI=1S/C18H17ClN2O4S/c1-11-4-6-14(26(23,24)21(2)3)10-15(11)20-18(22)17-9-12-8-13(19)5-7-16(12)25-17/h4-10H,1-3H3,(H,20,22).